The van der Waals surface area contributed by atoms with Crippen LogP contribution in [0.5, 0.6) is 0 Å². The molecule has 0 radical (unpaired) electrons. The van der Waals surface area contributed by atoms with E-state index >= 15 is 0 Å². The third kappa shape index (κ3) is 3.79. The number of fused-ring (bicyclic) bond motifs is 2. The zero-order chi connectivity index (χ0) is 22.9. The molecule has 3 N–H and O–H groups in total. The molecule has 0 fully saturated rings. The van der Waals surface area contributed by atoms with Crippen LogP contribution < -0.4 is 5.48 Å². The Labute approximate surface area is 187 Å². The molecule has 166 valence electrons. The number of nitrogens with zero attached hydrogens (tertiary/aromatic N) is 2. The number of para-hydroxylation sites is 1. The summed E-state index contributed by atoms with van der Waals surface area (Å²) in [5, 5.41) is 13.6. The Kier molecular flexibility index (Phi) is 5.23. The lowest BCUT2D eigenvalue weighted by atomic mass is 9.98. The molecule has 1 aliphatic rings. The molecule has 2 aromatic carbocycles. The third-order valence-corrected chi connectivity index (χ3v) is 5.72. The standard InChI is InChI=1S/C24H19FN4O4/c25-15-7-5-14(6-8-15)11-17(18-12-26-20-4-2-1-3-16(18)20)24(31)29-10-9-21-19(13-29)22(28-33-21)23(30)27-32/h1-8,11-12,26,32H,9-10,13H2,(H,27,30)/b17-11+. The molecule has 0 saturated heterocycles. The van der Waals surface area contributed by atoms with Crippen LogP contribution in [0.4, 0.5) is 4.39 Å². The Bertz CT molecular complexity index is 1390. The van der Waals surface area contributed by atoms with E-state index in [2.05, 4.69) is 10.1 Å². The molecule has 3 heterocycles. The van der Waals surface area contributed by atoms with Gasteiger partial charge in [0.05, 0.1) is 6.54 Å². The van der Waals surface area contributed by atoms with Crippen LogP contribution >= 0.6 is 0 Å². The highest BCUT2D eigenvalue weighted by Gasteiger charge is 2.31. The maximum atomic E-state index is 13.8. The van der Waals surface area contributed by atoms with E-state index < -0.39 is 5.91 Å². The Balaban J connectivity index is 1.56. The van der Waals surface area contributed by atoms with E-state index in [1.807, 2.05) is 24.3 Å². The van der Waals surface area contributed by atoms with Crippen molar-refractivity contribution >= 4 is 34.4 Å². The van der Waals surface area contributed by atoms with Crippen LogP contribution in [-0.2, 0) is 17.8 Å². The van der Waals surface area contributed by atoms with Gasteiger partial charge in [0, 0.05) is 46.8 Å². The van der Waals surface area contributed by atoms with Crippen molar-refractivity contribution in [3.63, 3.8) is 0 Å². The van der Waals surface area contributed by atoms with Crippen molar-refractivity contribution in [2.75, 3.05) is 6.54 Å². The summed E-state index contributed by atoms with van der Waals surface area (Å²) in [5.41, 5.74) is 4.65. The van der Waals surface area contributed by atoms with Gasteiger partial charge < -0.3 is 14.4 Å². The first-order valence-electron chi connectivity index (χ1n) is 10.3. The third-order valence-electron chi connectivity index (χ3n) is 5.72. The number of aromatic nitrogens is 2. The number of nitrogens with one attached hydrogen (secondary N) is 2. The lowest BCUT2D eigenvalue weighted by Gasteiger charge is -2.27. The highest BCUT2D eigenvalue weighted by Crippen LogP contribution is 2.31. The average Bonchev–Trinajstić information content (AvgIpc) is 3.47. The molecule has 9 heteroatoms. The zero-order valence-electron chi connectivity index (χ0n) is 17.3. The van der Waals surface area contributed by atoms with Crippen molar-refractivity contribution in [3.05, 3.63) is 88.7 Å². The monoisotopic (exact) mass is 446 g/mol. The normalized spacial score (nSPS) is 13.8. The number of benzene rings is 2. The van der Waals surface area contributed by atoms with Crippen molar-refractivity contribution < 1.29 is 23.7 Å². The second kappa shape index (κ2) is 8.36. The molecule has 0 spiro atoms. The summed E-state index contributed by atoms with van der Waals surface area (Å²) in [6, 6.07) is 13.5. The van der Waals surface area contributed by atoms with Crippen LogP contribution in [0.15, 0.2) is 59.3 Å². The quantitative estimate of drug-likeness (QED) is 0.252. The molecule has 33 heavy (non-hydrogen) atoms. The summed E-state index contributed by atoms with van der Waals surface area (Å²) >= 11 is 0. The number of carbonyl (C=O) groups excluding carboxylic acids is 2. The van der Waals surface area contributed by atoms with Gasteiger partial charge in [0.2, 0.25) is 0 Å². The SMILES string of the molecule is O=C(NO)c1noc2c1CN(C(=O)/C(=C/c1ccc(F)cc1)c1c[nH]c3ccccc13)CC2. The van der Waals surface area contributed by atoms with Gasteiger partial charge in [-0.3, -0.25) is 14.8 Å². The number of carbonyl (C=O) groups is 2. The first-order valence-corrected chi connectivity index (χ1v) is 10.3. The van der Waals surface area contributed by atoms with Crippen molar-refractivity contribution in [1.82, 2.24) is 20.5 Å². The van der Waals surface area contributed by atoms with Gasteiger partial charge in [-0.15, -0.1) is 0 Å². The van der Waals surface area contributed by atoms with Crippen LogP contribution in [0, 0.1) is 5.82 Å². The molecule has 2 aromatic heterocycles. The number of hydrogen-bond donors (Lipinski definition) is 3. The summed E-state index contributed by atoms with van der Waals surface area (Å²) < 4.78 is 18.7. The van der Waals surface area contributed by atoms with Gasteiger partial charge in [0.15, 0.2) is 5.69 Å². The van der Waals surface area contributed by atoms with E-state index in [9.17, 15) is 14.0 Å². The minimum Gasteiger partial charge on any atom is -0.361 e. The Morgan fingerprint density at radius 2 is 1.97 bits per heavy atom. The predicted octanol–water partition coefficient (Wildman–Crippen LogP) is 3.54. The smallest absolute Gasteiger partial charge is 0.297 e. The topological polar surface area (TPSA) is 111 Å². The molecule has 0 bridgehead atoms. The van der Waals surface area contributed by atoms with E-state index in [4.69, 9.17) is 9.73 Å². The fourth-order valence-corrected chi connectivity index (χ4v) is 4.06. The fraction of sp³-hybridized carbons (Fsp3) is 0.125. The average molecular weight is 446 g/mol. The largest absolute Gasteiger partial charge is 0.361 e. The van der Waals surface area contributed by atoms with E-state index in [-0.39, 0.29) is 24.0 Å². The van der Waals surface area contributed by atoms with Gasteiger partial charge >= 0.3 is 0 Å². The van der Waals surface area contributed by atoms with Gasteiger partial charge in [-0.05, 0) is 29.8 Å². The van der Waals surface area contributed by atoms with E-state index in [0.29, 0.717) is 41.0 Å². The number of hydrogen-bond acceptors (Lipinski definition) is 5. The number of amides is 2. The first-order chi connectivity index (χ1) is 16.0. The number of hydroxylamine groups is 1. The van der Waals surface area contributed by atoms with Gasteiger partial charge in [0.1, 0.15) is 11.6 Å². The number of aromatic amines is 1. The van der Waals surface area contributed by atoms with Crippen LogP contribution in [0.2, 0.25) is 0 Å². The first kappa shape index (κ1) is 20.7. The molecular weight excluding hydrogens is 427 g/mol. The number of rotatable bonds is 4. The summed E-state index contributed by atoms with van der Waals surface area (Å²) in [7, 11) is 0. The Morgan fingerprint density at radius 3 is 2.76 bits per heavy atom. The fourth-order valence-electron chi connectivity index (χ4n) is 4.06. The highest BCUT2D eigenvalue weighted by atomic mass is 19.1. The van der Waals surface area contributed by atoms with E-state index in [1.54, 1.807) is 34.8 Å². The van der Waals surface area contributed by atoms with Gasteiger partial charge in [-0.1, -0.05) is 35.5 Å². The summed E-state index contributed by atoms with van der Waals surface area (Å²) in [5.74, 6) is -0.911. The van der Waals surface area contributed by atoms with Crippen molar-refractivity contribution in [1.29, 1.82) is 0 Å². The maximum absolute atomic E-state index is 13.8. The molecule has 0 saturated carbocycles. The second-order valence-corrected chi connectivity index (χ2v) is 7.71. The van der Waals surface area contributed by atoms with E-state index in [1.165, 1.54) is 12.1 Å². The second-order valence-electron chi connectivity index (χ2n) is 7.71. The molecule has 0 atom stereocenters. The molecule has 0 unspecified atom stereocenters. The predicted molar refractivity (Wildman–Crippen MR) is 117 cm³/mol. The van der Waals surface area contributed by atoms with Crippen LogP contribution in [0.1, 0.15) is 32.9 Å². The summed E-state index contributed by atoms with van der Waals surface area (Å²) in [6.45, 7) is 0.466. The molecule has 8 nitrogen and oxygen atoms in total. The van der Waals surface area contributed by atoms with Gasteiger partial charge in [0.25, 0.3) is 11.8 Å². The minimum atomic E-state index is -0.798. The van der Waals surface area contributed by atoms with Gasteiger partial charge in [-0.2, -0.15) is 0 Å². The molecule has 1 aliphatic heterocycles. The van der Waals surface area contributed by atoms with Crippen molar-refractivity contribution in [2.24, 2.45) is 0 Å². The van der Waals surface area contributed by atoms with Crippen LogP contribution in [-0.4, -0.2) is 38.6 Å². The van der Waals surface area contributed by atoms with Crippen molar-refractivity contribution in [3.8, 4) is 0 Å². The highest BCUT2D eigenvalue weighted by molar-refractivity contribution is 6.27. The summed E-state index contributed by atoms with van der Waals surface area (Å²) in [4.78, 5) is 30.5. The van der Waals surface area contributed by atoms with Crippen LogP contribution in [0.25, 0.3) is 22.6 Å². The Hall–Kier alpha value is -4.24. The lowest BCUT2D eigenvalue weighted by molar-refractivity contribution is -0.125. The zero-order valence-corrected chi connectivity index (χ0v) is 17.3. The number of halogens is 1. The Morgan fingerprint density at radius 1 is 1.18 bits per heavy atom. The van der Waals surface area contributed by atoms with E-state index in [0.717, 1.165) is 10.9 Å². The van der Waals surface area contributed by atoms with Gasteiger partial charge in [-0.25, -0.2) is 9.87 Å². The molecular formula is C24H19FN4O4. The maximum Gasteiger partial charge on any atom is 0.297 e. The molecule has 2 amide bonds. The van der Waals surface area contributed by atoms with Crippen molar-refractivity contribution in [2.45, 2.75) is 13.0 Å². The molecule has 4 aromatic rings. The molecule has 5 rings (SSSR count). The summed E-state index contributed by atoms with van der Waals surface area (Å²) in [6.07, 6.45) is 3.88. The minimum absolute atomic E-state index is 0.0545. The van der Waals surface area contributed by atoms with Crippen LogP contribution in [0.3, 0.4) is 0 Å². The number of H-pyrrole nitrogens is 1. The molecule has 0 aliphatic carbocycles. The lowest BCUT2D eigenvalue weighted by Crippen LogP contribution is -2.37.